The van der Waals surface area contributed by atoms with Crippen LogP contribution in [0.25, 0.3) is 6.08 Å². The maximum Gasteiger partial charge on any atom is 0.247 e. The Morgan fingerprint density at radius 1 is 1.00 bits per heavy atom. The largest absolute Gasteiger partial charge is 0.487 e. The molecule has 2 aliphatic heterocycles. The second-order valence-electron chi connectivity index (χ2n) is 10.8. The van der Waals surface area contributed by atoms with Gasteiger partial charge in [-0.1, -0.05) is 76.6 Å². The fraction of sp³-hybridized carbons (Fsp3) is 0.452. The second kappa shape index (κ2) is 13.9. The summed E-state index contributed by atoms with van der Waals surface area (Å²) in [6.07, 6.45) is 3.85. The maximum absolute atomic E-state index is 13.9. The van der Waals surface area contributed by atoms with Crippen molar-refractivity contribution in [2.24, 2.45) is 11.8 Å². The number of rotatable bonds is 8. The molecule has 3 N–H and O–H groups in total. The Bertz CT molecular complexity index is 1130. The average Bonchev–Trinajstić information content (AvgIpc) is 2.92. The summed E-state index contributed by atoms with van der Waals surface area (Å²) >= 11 is 0. The van der Waals surface area contributed by atoms with Crippen molar-refractivity contribution >= 4 is 23.8 Å². The number of hydrogen-bond donors (Lipinski definition) is 3. The standard InChI is InChI=1S/C31H42N4O4/c1-7-21(4)26-30(37)32-18-17-22-13-15-24(16-14-22)39-28(20(2)3)27(31(38)33-26)34-29(36)25(35(5)6)19-23-11-9-8-10-12-23/h8-18,20-21,25-28H,7,19H2,1-6H3,(H,32,37)(H,33,38)(H,34,36)/b18-17-/t21?,25-,26+,27-,28-/m0/s1. The van der Waals surface area contributed by atoms with E-state index >= 15 is 0 Å². The van der Waals surface area contributed by atoms with Crippen LogP contribution in [0.15, 0.2) is 60.8 Å². The highest BCUT2D eigenvalue weighted by atomic mass is 16.5. The zero-order valence-electron chi connectivity index (χ0n) is 23.8. The summed E-state index contributed by atoms with van der Waals surface area (Å²) in [5.74, 6) is -0.734. The van der Waals surface area contributed by atoms with E-state index < -0.39 is 30.1 Å². The Hall–Kier alpha value is -3.65. The van der Waals surface area contributed by atoms with Crippen molar-refractivity contribution in [2.75, 3.05) is 14.1 Å². The van der Waals surface area contributed by atoms with Gasteiger partial charge in [-0.25, -0.2) is 0 Å². The lowest BCUT2D eigenvalue weighted by Crippen LogP contribution is -2.62. The number of carbonyl (C=O) groups excluding carboxylic acids is 3. The Kier molecular flexibility index (Phi) is 10.7. The number of benzene rings is 2. The summed E-state index contributed by atoms with van der Waals surface area (Å²) in [5.41, 5.74) is 1.91. The van der Waals surface area contributed by atoms with E-state index in [2.05, 4.69) is 16.0 Å². The molecule has 2 heterocycles. The van der Waals surface area contributed by atoms with Gasteiger partial charge in [0, 0.05) is 6.20 Å². The smallest absolute Gasteiger partial charge is 0.247 e. The van der Waals surface area contributed by atoms with Gasteiger partial charge in [-0.3, -0.25) is 19.3 Å². The molecule has 210 valence electrons. The van der Waals surface area contributed by atoms with Gasteiger partial charge in [0.15, 0.2) is 0 Å². The van der Waals surface area contributed by atoms with Crippen LogP contribution in [0.2, 0.25) is 0 Å². The van der Waals surface area contributed by atoms with E-state index in [1.54, 1.807) is 12.3 Å². The highest BCUT2D eigenvalue weighted by molar-refractivity contribution is 5.94. The molecule has 1 unspecified atom stereocenters. The van der Waals surface area contributed by atoms with Crippen molar-refractivity contribution in [3.05, 3.63) is 71.9 Å². The fourth-order valence-corrected chi connectivity index (χ4v) is 4.55. The third kappa shape index (κ3) is 8.17. The molecule has 0 aromatic heterocycles. The maximum atomic E-state index is 13.9. The molecule has 2 aromatic carbocycles. The first-order valence-electron chi connectivity index (χ1n) is 13.7. The van der Waals surface area contributed by atoms with Crippen LogP contribution >= 0.6 is 0 Å². The van der Waals surface area contributed by atoms with Gasteiger partial charge in [0.2, 0.25) is 17.7 Å². The van der Waals surface area contributed by atoms with Crippen LogP contribution in [0.1, 0.15) is 45.2 Å². The lowest BCUT2D eigenvalue weighted by molar-refractivity contribution is -0.136. The van der Waals surface area contributed by atoms with Gasteiger partial charge >= 0.3 is 0 Å². The van der Waals surface area contributed by atoms with Crippen molar-refractivity contribution in [1.82, 2.24) is 20.9 Å². The molecule has 8 nitrogen and oxygen atoms in total. The van der Waals surface area contributed by atoms with Gasteiger partial charge in [0.05, 0.1) is 6.04 Å². The number of nitrogens with one attached hydrogen (secondary N) is 3. The summed E-state index contributed by atoms with van der Waals surface area (Å²) in [4.78, 5) is 42.6. The molecule has 0 spiro atoms. The molecule has 2 bridgehead atoms. The van der Waals surface area contributed by atoms with E-state index in [-0.39, 0.29) is 23.7 Å². The van der Waals surface area contributed by atoms with Gasteiger partial charge in [-0.15, -0.1) is 0 Å². The predicted octanol–water partition coefficient (Wildman–Crippen LogP) is 3.38. The number of fused-ring (bicyclic) bond motifs is 10. The van der Waals surface area contributed by atoms with Gasteiger partial charge in [0.1, 0.15) is 23.9 Å². The quantitative estimate of drug-likeness (QED) is 0.482. The molecule has 2 aromatic rings. The van der Waals surface area contributed by atoms with Gasteiger partial charge in [-0.2, -0.15) is 0 Å². The third-order valence-corrected chi connectivity index (χ3v) is 7.21. The van der Waals surface area contributed by atoms with Crippen molar-refractivity contribution < 1.29 is 19.1 Å². The number of carbonyl (C=O) groups is 3. The number of hydrogen-bond acceptors (Lipinski definition) is 5. The van der Waals surface area contributed by atoms with Crippen molar-refractivity contribution in [2.45, 2.75) is 64.8 Å². The summed E-state index contributed by atoms with van der Waals surface area (Å²) < 4.78 is 6.35. The lowest BCUT2D eigenvalue weighted by Gasteiger charge is -2.34. The molecule has 8 heteroatoms. The molecular weight excluding hydrogens is 492 g/mol. The van der Waals surface area contributed by atoms with Crippen molar-refractivity contribution in [1.29, 1.82) is 0 Å². The first-order valence-corrected chi connectivity index (χ1v) is 13.7. The molecule has 0 saturated heterocycles. The SMILES string of the molecule is CCC(C)[C@H]1NC(=O)[C@@H](NC(=O)[C@H](Cc2ccccc2)N(C)C)[C@H](C(C)C)Oc2ccc(cc2)/C=C\NC1=O. The Morgan fingerprint density at radius 2 is 1.67 bits per heavy atom. The first kappa shape index (κ1) is 29.9. The second-order valence-corrected chi connectivity index (χ2v) is 10.8. The summed E-state index contributed by atoms with van der Waals surface area (Å²) in [6, 6.07) is 14.8. The van der Waals surface area contributed by atoms with E-state index in [9.17, 15) is 14.4 Å². The van der Waals surface area contributed by atoms with E-state index in [0.29, 0.717) is 18.6 Å². The molecule has 0 radical (unpaired) electrons. The van der Waals surface area contributed by atoms with Crippen LogP contribution in [0, 0.1) is 11.8 Å². The molecule has 0 fully saturated rings. The Labute approximate surface area is 232 Å². The van der Waals surface area contributed by atoms with Crippen LogP contribution < -0.4 is 20.7 Å². The number of amides is 3. The van der Waals surface area contributed by atoms with Crippen molar-refractivity contribution in [3.63, 3.8) is 0 Å². The monoisotopic (exact) mass is 534 g/mol. The number of nitrogens with zero attached hydrogens (tertiary/aromatic N) is 1. The van der Waals surface area contributed by atoms with Crippen LogP contribution in [-0.4, -0.2) is 60.9 Å². The molecule has 2 aliphatic rings. The third-order valence-electron chi connectivity index (χ3n) is 7.21. The Morgan fingerprint density at radius 3 is 2.26 bits per heavy atom. The zero-order valence-corrected chi connectivity index (χ0v) is 23.8. The minimum Gasteiger partial charge on any atom is -0.487 e. The summed E-state index contributed by atoms with van der Waals surface area (Å²) in [6.45, 7) is 7.78. The number of likely N-dealkylation sites (N-methyl/N-ethyl adjacent to an activating group) is 1. The van der Waals surface area contributed by atoms with E-state index in [4.69, 9.17) is 4.74 Å². The lowest BCUT2D eigenvalue weighted by atomic mass is 9.94. The molecule has 39 heavy (non-hydrogen) atoms. The average molecular weight is 535 g/mol. The van der Waals surface area contributed by atoms with Gasteiger partial charge in [-0.05, 0) is 61.7 Å². The fourth-order valence-electron chi connectivity index (χ4n) is 4.55. The Balaban J connectivity index is 1.99. The van der Waals surface area contributed by atoms with Crippen LogP contribution in [0.3, 0.4) is 0 Å². The van der Waals surface area contributed by atoms with E-state index in [0.717, 1.165) is 11.1 Å². The van der Waals surface area contributed by atoms with Gasteiger partial charge < -0.3 is 20.7 Å². The van der Waals surface area contributed by atoms with Crippen LogP contribution in [0.4, 0.5) is 0 Å². The predicted molar refractivity (Wildman–Crippen MR) is 154 cm³/mol. The van der Waals surface area contributed by atoms with Crippen LogP contribution in [-0.2, 0) is 20.8 Å². The minimum absolute atomic E-state index is 0.128. The van der Waals surface area contributed by atoms with E-state index in [1.807, 2.05) is 101 Å². The van der Waals surface area contributed by atoms with E-state index in [1.165, 1.54) is 0 Å². The van der Waals surface area contributed by atoms with Crippen molar-refractivity contribution in [3.8, 4) is 5.75 Å². The molecule has 0 aliphatic carbocycles. The molecule has 0 saturated carbocycles. The normalized spacial score (nSPS) is 22.3. The topological polar surface area (TPSA) is 99.8 Å². The van der Waals surface area contributed by atoms with Crippen LogP contribution in [0.5, 0.6) is 5.75 Å². The summed E-state index contributed by atoms with van der Waals surface area (Å²) in [5, 5.41) is 8.73. The highest BCUT2D eigenvalue weighted by Gasteiger charge is 2.38. The molecule has 5 atom stereocenters. The first-order chi connectivity index (χ1) is 18.6. The molecular formula is C31H42N4O4. The minimum atomic E-state index is -1.03. The van der Waals surface area contributed by atoms with Gasteiger partial charge in [0.25, 0.3) is 0 Å². The summed E-state index contributed by atoms with van der Waals surface area (Å²) in [7, 11) is 3.69. The highest BCUT2D eigenvalue weighted by Crippen LogP contribution is 2.21. The molecule has 4 rings (SSSR count). The molecule has 3 amide bonds. The zero-order chi connectivity index (χ0) is 28.5. The number of ether oxygens (including phenoxy) is 1.